The molecular weight excluding hydrogens is 300 g/mol. The molecule has 0 saturated heterocycles. The highest BCUT2D eigenvalue weighted by Gasteiger charge is 2.24. The van der Waals surface area contributed by atoms with Crippen molar-refractivity contribution in [1.82, 2.24) is 0 Å². The Morgan fingerprint density at radius 2 is 2.14 bits per heavy atom. The van der Waals surface area contributed by atoms with Crippen LogP contribution < -0.4 is 4.90 Å². The average Bonchev–Trinajstić information content (AvgIpc) is 3.14. The van der Waals surface area contributed by atoms with Crippen molar-refractivity contribution >= 4 is 15.5 Å². The van der Waals surface area contributed by atoms with E-state index in [9.17, 15) is 13.7 Å². The molecule has 0 radical (unpaired) electrons. The second kappa shape index (κ2) is 5.70. The van der Waals surface area contributed by atoms with Crippen LogP contribution in [-0.2, 0) is 22.0 Å². The summed E-state index contributed by atoms with van der Waals surface area (Å²) >= 11 is 0. The Hall–Kier alpha value is -2.52. The highest BCUT2D eigenvalue weighted by atomic mass is 32.2. The van der Waals surface area contributed by atoms with Crippen molar-refractivity contribution in [3.8, 4) is 6.07 Å². The molecule has 3 rings (SSSR count). The van der Waals surface area contributed by atoms with Crippen molar-refractivity contribution in [1.29, 1.82) is 5.26 Å². The van der Waals surface area contributed by atoms with Gasteiger partial charge in [0.2, 0.25) is 0 Å². The first-order valence-corrected chi connectivity index (χ1v) is 8.47. The number of sulfone groups is 1. The van der Waals surface area contributed by atoms with E-state index in [-0.39, 0.29) is 10.7 Å². The quantitative estimate of drug-likeness (QED) is 0.811. The lowest BCUT2D eigenvalue weighted by molar-refractivity contribution is 0.522. The Kier molecular flexibility index (Phi) is 3.73. The van der Waals surface area contributed by atoms with Crippen molar-refractivity contribution in [3.05, 3.63) is 65.1 Å². The van der Waals surface area contributed by atoms with Crippen LogP contribution in [0.25, 0.3) is 0 Å². The van der Waals surface area contributed by atoms with Gasteiger partial charge in [-0.2, -0.15) is 5.26 Å². The van der Waals surface area contributed by atoms with Crippen molar-refractivity contribution in [2.45, 2.75) is 12.2 Å². The number of hydrogen-bond acceptors (Lipinski definition) is 5. The van der Waals surface area contributed by atoms with Crippen LogP contribution in [-0.4, -0.2) is 15.0 Å². The number of fused-ring (bicyclic) bond motifs is 1. The number of nitriles is 1. The maximum absolute atomic E-state index is 12.4. The molecule has 1 aliphatic heterocycles. The smallest absolute Gasteiger partial charge is 0.197 e. The van der Waals surface area contributed by atoms with Crippen LogP contribution in [0.2, 0.25) is 0 Å². The minimum atomic E-state index is -3.72. The van der Waals surface area contributed by atoms with Crippen molar-refractivity contribution in [2.75, 3.05) is 11.4 Å². The fraction of sp³-hybridized carbons (Fsp3) is 0.188. The SMILES string of the molecule is N#CC(=CN1CCc2ccccc21)S(=O)(=O)Cc1ccco1. The summed E-state index contributed by atoms with van der Waals surface area (Å²) in [5.74, 6) is 0.0116. The second-order valence-electron chi connectivity index (χ2n) is 5.02. The van der Waals surface area contributed by atoms with Crippen molar-refractivity contribution in [2.24, 2.45) is 0 Å². The van der Waals surface area contributed by atoms with Gasteiger partial charge >= 0.3 is 0 Å². The summed E-state index contributed by atoms with van der Waals surface area (Å²) in [6.45, 7) is 0.667. The van der Waals surface area contributed by atoms with E-state index in [2.05, 4.69) is 0 Å². The van der Waals surface area contributed by atoms with Crippen LogP contribution in [0.3, 0.4) is 0 Å². The number of nitrogens with zero attached hydrogens (tertiary/aromatic N) is 2. The fourth-order valence-corrected chi connectivity index (χ4v) is 3.60. The van der Waals surface area contributed by atoms with Gasteiger partial charge in [-0.15, -0.1) is 0 Å². The van der Waals surface area contributed by atoms with E-state index in [4.69, 9.17) is 4.42 Å². The Morgan fingerprint density at radius 3 is 2.86 bits per heavy atom. The molecule has 0 aliphatic carbocycles. The zero-order valence-corrected chi connectivity index (χ0v) is 12.6. The van der Waals surface area contributed by atoms with Crippen molar-refractivity contribution in [3.63, 3.8) is 0 Å². The first kappa shape index (κ1) is 14.4. The number of hydrogen-bond donors (Lipinski definition) is 0. The molecule has 112 valence electrons. The number of para-hydroxylation sites is 1. The predicted octanol–water partition coefficient (Wildman–Crippen LogP) is 2.62. The number of allylic oxidation sites excluding steroid dienone is 1. The molecule has 1 aromatic carbocycles. The molecule has 6 heteroatoms. The molecule has 0 fully saturated rings. The number of anilines is 1. The average molecular weight is 314 g/mol. The van der Waals surface area contributed by atoms with E-state index in [0.29, 0.717) is 12.3 Å². The molecule has 2 heterocycles. The van der Waals surface area contributed by atoms with Gasteiger partial charge in [-0.25, -0.2) is 8.42 Å². The maximum Gasteiger partial charge on any atom is 0.197 e. The van der Waals surface area contributed by atoms with E-state index in [1.165, 1.54) is 12.5 Å². The molecule has 0 atom stereocenters. The molecule has 0 N–H and O–H groups in total. The summed E-state index contributed by atoms with van der Waals surface area (Å²) in [6.07, 6.45) is 3.67. The minimum absolute atomic E-state index is 0.249. The van der Waals surface area contributed by atoms with E-state index in [1.807, 2.05) is 29.2 Å². The zero-order valence-electron chi connectivity index (χ0n) is 11.8. The summed E-state index contributed by atoms with van der Waals surface area (Å²) in [7, 11) is -3.72. The van der Waals surface area contributed by atoms with Gasteiger partial charge in [0.05, 0.1) is 6.26 Å². The van der Waals surface area contributed by atoms with Crippen LogP contribution >= 0.6 is 0 Å². The van der Waals surface area contributed by atoms with Crippen LogP contribution in [0.15, 0.2) is 58.2 Å². The molecular formula is C16H14N2O3S. The molecule has 2 aromatic rings. The molecule has 0 spiro atoms. The summed E-state index contributed by atoms with van der Waals surface area (Å²) in [5.41, 5.74) is 2.10. The first-order chi connectivity index (χ1) is 10.6. The Morgan fingerprint density at radius 1 is 1.32 bits per heavy atom. The van der Waals surface area contributed by atoms with Crippen LogP contribution in [0.1, 0.15) is 11.3 Å². The Bertz CT molecular complexity index is 846. The maximum atomic E-state index is 12.4. The Balaban J connectivity index is 1.90. The molecule has 5 nitrogen and oxygen atoms in total. The normalized spacial score (nSPS) is 14.7. The van der Waals surface area contributed by atoms with Gasteiger partial charge in [0.25, 0.3) is 0 Å². The van der Waals surface area contributed by atoms with Gasteiger partial charge in [0, 0.05) is 18.4 Å². The Labute approximate surface area is 129 Å². The molecule has 0 saturated carbocycles. The molecule has 0 bridgehead atoms. The molecule has 1 aliphatic rings. The lowest BCUT2D eigenvalue weighted by atomic mass is 10.2. The third-order valence-corrected chi connectivity index (χ3v) is 5.09. The summed E-state index contributed by atoms with van der Waals surface area (Å²) in [4.78, 5) is 1.56. The number of benzene rings is 1. The van der Waals surface area contributed by atoms with Gasteiger partial charge in [-0.1, -0.05) is 18.2 Å². The van der Waals surface area contributed by atoms with Gasteiger partial charge in [0.15, 0.2) is 14.7 Å². The van der Waals surface area contributed by atoms with Crippen LogP contribution in [0.4, 0.5) is 5.69 Å². The monoisotopic (exact) mass is 314 g/mol. The van der Waals surface area contributed by atoms with E-state index in [0.717, 1.165) is 17.7 Å². The molecule has 1 aromatic heterocycles. The van der Waals surface area contributed by atoms with E-state index in [1.54, 1.807) is 18.2 Å². The van der Waals surface area contributed by atoms with Gasteiger partial charge in [-0.05, 0) is 30.2 Å². The van der Waals surface area contributed by atoms with Gasteiger partial charge in [0.1, 0.15) is 17.6 Å². The largest absolute Gasteiger partial charge is 0.468 e. The van der Waals surface area contributed by atoms with Crippen LogP contribution in [0.5, 0.6) is 0 Å². The lowest BCUT2D eigenvalue weighted by Crippen LogP contribution is -2.16. The number of rotatable bonds is 4. The molecule has 22 heavy (non-hydrogen) atoms. The van der Waals surface area contributed by atoms with E-state index >= 15 is 0 Å². The summed E-state index contributed by atoms with van der Waals surface area (Å²) < 4.78 is 29.8. The van der Waals surface area contributed by atoms with Crippen LogP contribution in [0, 0.1) is 11.3 Å². The highest BCUT2D eigenvalue weighted by Crippen LogP contribution is 2.29. The minimum Gasteiger partial charge on any atom is -0.468 e. The topological polar surface area (TPSA) is 74.3 Å². The summed E-state index contributed by atoms with van der Waals surface area (Å²) in [5, 5.41) is 9.24. The highest BCUT2D eigenvalue weighted by molar-refractivity contribution is 7.94. The lowest BCUT2D eigenvalue weighted by Gasteiger charge is -2.14. The second-order valence-corrected chi connectivity index (χ2v) is 6.97. The predicted molar refractivity (Wildman–Crippen MR) is 82.5 cm³/mol. The van der Waals surface area contributed by atoms with Crippen molar-refractivity contribution < 1.29 is 12.8 Å². The van der Waals surface area contributed by atoms with E-state index < -0.39 is 9.84 Å². The van der Waals surface area contributed by atoms with Gasteiger partial charge < -0.3 is 9.32 Å². The summed E-state index contributed by atoms with van der Waals surface area (Å²) in [6, 6.07) is 12.8. The fourth-order valence-electron chi connectivity index (χ4n) is 2.48. The molecule has 0 amide bonds. The third kappa shape index (κ3) is 2.76. The zero-order chi connectivity index (χ0) is 15.6. The number of furan rings is 1. The van der Waals surface area contributed by atoms with Gasteiger partial charge in [-0.3, -0.25) is 0 Å². The first-order valence-electron chi connectivity index (χ1n) is 6.82. The third-order valence-electron chi connectivity index (χ3n) is 3.55. The standard InChI is InChI=1S/C16H14N2O3S/c17-10-15(22(19,20)12-14-5-3-9-21-14)11-18-8-7-13-4-1-2-6-16(13)18/h1-6,9,11H,7-8,12H2. The molecule has 0 unspecified atom stereocenters.